The molecular weight excluding hydrogens is 269 g/mol. The Balaban J connectivity index is 2.21. The molecule has 1 saturated heterocycles. The number of likely N-dealkylation sites (tertiary alicyclic amines) is 1. The molecule has 6 heteroatoms. The van der Waals surface area contributed by atoms with Gasteiger partial charge in [-0.3, -0.25) is 4.79 Å². The molecular formula is C14H17F3N2O. The number of amides is 1. The van der Waals surface area contributed by atoms with Gasteiger partial charge in [-0.25, -0.2) is 13.2 Å². The van der Waals surface area contributed by atoms with E-state index >= 15 is 0 Å². The van der Waals surface area contributed by atoms with Gasteiger partial charge in [-0.2, -0.15) is 0 Å². The van der Waals surface area contributed by atoms with Crippen LogP contribution in [-0.4, -0.2) is 29.9 Å². The summed E-state index contributed by atoms with van der Waals surface area (Å²) < 4.78 is 39.7. The summed E-state index contributed by atoms with van der Waals surface area (Å²) in [4.78, 5) is 13.7. The molecule has 0 radical (unpaired) electrons. The molecule has 110 valence electrons. The molecule has 1 aliphatic rings. The number of nitrogens with zero attached hydrogens (tertiary/aromatic N) is 1. The third-order valence-electron chi connectivity index (χ3n) is 3.75. The van der Waals surface area contributed by atoms with Gasteiger partial charge in [0.2, 0.25) is 0 Å². The van der Waals surface area contributed by atoms with Crippen LogP contribution in [0.5, 0.6) is 0 Å². The summed E-state index contributed by atoms with van der Waals surface area (Å²) in [5.41, 5.74) is 5.38. The lowest BCUT2D eigenvalue weighted by molar-refractivity contribution is 0.0655. The van der Waals surface area contributed by atoms with E-state index in [2.05, 4.69) is 0 Å². The summed E-state index contributed by atoms with van der Waals surface area (Å²) >= 11 is 0. The van der Waals surface area contributed by atoms with E-state index in [1.807, 2.05) is 6.92 Å². The van der Waals surface area contributed by atoms with Gasteiger partial charge >= 0.3 is 0 Å². The first-order valence-electron chi connectivity index (χ1n) is 6.60. The van der Waals surface area contributed by atoms with Crippen LogP contribution in [0, 0.1) is 23.4 Å². The molecule has 0 aromatic heterocycles. The van der Waals surface area contributed by atoms with E-state index in [0.29, 0.717) is 13.1 Å². The summed E-state index contributed by atoms with van der Waals surface area (Å²) in [5.74, 6) is -4.83. The highest BCUT2D eigenvalue weighted by Crippen LogP contribution is 2.22. The number of hydrogen-bond acceptors (Lipinski definition) is 2. The molecule has 1 amide bonds. The number of halogens is 3. The molecule has 0 spiro atoms. The lowest BCUT2D eigenvalue weighted by atomic mass is 9.92. The second-order valence-corrected chi connectivity index (χ2v) is 5.24. The van der Waals surface area contributed by atoms with Crippen LogP contribution >= 0.6 is 0 Å². The van der Waals surface area contributed by atoms with Gasteiger partial charge in [-0.05, 0) is 37.8 Å². The molecule has 2 rings (SSSR count). The van der Waals surface area contributed by atoms with Crippen molar-refractivity contribution in [3.05, 3.63) is 35.1 Å². The maximum Gasteiger partial charge on any atom is 0.256 e. The van der Waals surface area contributed by atoms with Gasteiger partial charge in [-0.15, -0.1) is 0 Å². The Labute approximate surface area is 115 Å². The van der Waals surface area contributed by atoms with Crippen molar-refractivity contribution in [2.24, 2.45) is 11.7 Å². The van der Waals surface area contributed by atoms with Crippen LogP contribution in [0.25, 0.3) is 0 Å². The normalized spacial score (nSPS) is 20.9. The van der Waals surface area contributed by atoms with Gasteiger partial charge in [0.1, 0.15) is 0 Å². The van der Waals surface area contributed by atoms with Crippen LogP contribution in [0.3, 0.4) is 0 Å². The van der Waals surface area contributed by atoms with Crippen molar-refractivity contribution in [2.45, 2.75) is 25.8 Å². The van der Waals surface area contributed by atoms with Crippen molar-refractivity contribution in [3.63, 3.8) is 0 Å². The fraction of sp³-hybridized carbons (Fsp3) is 0.500. The highest BCUT2D eigenvalue weighted by atomic mass is 19.2. The van der Waals surface area contributed by atoms with Crippen molar-refractivity contribution < 1.29 is 18.0 Å². The second-order valence-electron chi connectivity index (χ2n) is 5.24. The minimum Gasteiger partial charge on any atom is -0.338 e. The predicted molar refractivity (Wildman–Crippen MR) is 68.6 cm³/mol. The number of hydrogen-bond donors (Lipinski definition) is 1. The van der Waals surface area contributed by atoms with E-state index in [4.69, 9.17) is 5.73 Å². The molecule has 2 N–H and O–H groups in total. The topological polar surface area (TPSA) is 46.3 Å². The van der Waals surface area contributed by atoms with E-state index in [9.17, 15) is 18.0 Å². The van der Waals surface area contributed by atoms with Gasteiger partial charge in [0, 0.05) is 19.1 Å². The maximum absolute atomic E-state index is 13.6. The molecule has 0 bridgehead atoms. The monoisotopic (exact) mass is 286 g/mol. The number of nitrogens with two attached hydrogens (primary N) is 1. The van der Waals surface area contributed by atoms with Crippen molar-refractivity contribution in [1.82, 2.24) is 4.90 Å². The summed E-state index contributed by atoms with van der Waals surface area (Å²) in [6.07, 6.45) is 1.67. The Morgan fingerprint density at radius 2 is 2.05 bits per heavy atom. The van der Waals surface area contributed by atoms with Gasteiger partial charge in [0.25, 0.3) is 5.91 Å². The molecule has 2 unspecified atom stereocenters. The molecule has 0 aliphatic carbocycles. The molecule has 1 fully saturated rings. The maximum atomic E-state index is 13.6. The van der Waals surface area contributed by atoms with Crippen LogP contribution in [-0.2, 0) is 0 Å². The van der Waals surface area contributed by atoms with Crippen LogP contribution < -0.4 is 5.73 Å². The minimum absolute atomic E-state index is 0.0691. The zero-order chi connectivity index (χ0) is 14.9. The van der Waals surface area contributed by atoms with Gasteiger partial charge in [-0.1, -0.05) is 0 Å². The van der Waals surface area contributed by atoms with E-state index in [0.717, 1.165) is 25.0 Å². The Morgan fingerprint density at radius 1 is 1.35 bits per heavy atom. The third kappa shape index (κ3) is 2.80. The first-order valence-corrected chi connectivity index (χ1v) is 6.60. The Morgan fingerprint density at radius 3 is 2.70 bits per heavy atom. The van der Waals surface area contributed by atoms with Crippen molar-refractivity contribution >= 4 is 5.91 Å². The van der Waals surface area contributed by atoms with E-state index in [-0.39, 0.29) is 12.0 Å². The van der Waals surface area contributed by atoms with Crippen molar-refractivity contribution in [2.75, 3.05) is 13.1 Å². The van der Waals surface area contributed by atoms with Crippen LogP contribution in [0.1, 0.15) is 30.1 Å². The minimum atomic E-state index is -1.61. The zero-order valence-corrected chi connectivity index (χ0v) is 11.2. The van der Waals surface area contributed by atoms with E-state index < -0.39 is 28.9 Å². The number of carbonyl (C=O) groups excluding carboxylic acids is 1. The second kappa shape index (κ2) is 5.83. The summed E-state index contributed by atoms with van der Waals surface area (Å²) in [7, 11) is 0. The first kappa shape index (κ1) is 14.8. The Kier molecular flexibility index (Phi) is 4.32. The molecule has 0 saturated carbocycles. The van der Waals surface area contributed by atoms with Crippen molar-refractivity contribution in [3.8, 4) is 0 Å². The Hall–Kier alpha value is -1.56. The van der Waals surface area contributed by atoms with Crippen LogP contribution in [0.4, 0.5) is 13.2 Å². The zero-order valence-electron chi connectivity index (χ0n) is 11.2. The predicted octanol–water partition coefficient (Wildman–Crippen LogP) is 2.30. The molecule has 2 atom stereocenters. The van der Waals surface area contributed by atoms with Gasteiger partial charge < -0.3 is 10.6 Å². The van der Waals surface area contributed by atoms with Gasteiger partial charge in [0.15, 0.2) is 17.5 Å². The average molecular weight is 286 g/mol. The molecule has 1 heterocycles. The average Bonchev–Trinajstić information content (AvgIpc) is 2.44. The lowest BCUT2D eigenvalue weighted by Gasteiger charge is -2.34. The fourth-order valence-corrected chi connectivity index (χ4v) is 2.49. The first-order chi connectivity index (χ1) is 9.41. The number of piperidine rings is 1. The smallest absolute Gasteiger partial charge is 0.256 e. The number of carbonyl (C=O) groups is 1. The molecule has 1 aromatic carbocycles. The van der Waals surface area contributed by atoms with Gasteiger partial charge in [0.05, 0.1) is 5.56 Å². The summed E-state index contributed by atoms with van der Waals surface area (Å²) in [6.45, 7) is 2.74. The molecule has 1 aromatic rings. The molecule has 3 nitrogen and oxygen atoms in total. The summed E-state index contributed by atoms with van der Waals surface area (Å²) in [5, 5.41) is 0. The number of benzene rings is 1. The fourth-order valence-electron chi connectivity index (χ4n) is 2.49. The summed E-state index contributed by atoms with van der Waals surface area (Å²) in [6, 6.07) is 1.67. The van der Waals surface area contributed by atoms with Crippen molar-refractivity contribution in [1.29, 1.82) is 0 Å². The highest BCUT2D eigenvalue weighted by molar-refractivity contribution is 5.94. The quantitative estimate of drug-likeness (QED) is 0.848. The SMILES string of the molecule is CC(N)C1CCCN(C(=O)c2ccc(F)c(F)c2F)C1. The largest absolute Gasteiger partial charge is 0.338 e. The lowest BCUT2D eigenvalue weighted by Crippen LogP contribution is -2.45. The molecule has 1 aliphatic heterocycles. The highest BCUT2D eigenvalue weighted by Gasteiger charge is 2.29. The van der Waals surface area contributed by atoms with Crippen LogP contribution in [0.2, 0.25) is 0 Å². The standard InChI is InChI=1S/C14H17F3N2O/c1-8(18)9-3-2-6-19(7-9)14(20)10-4-5-11(15)13(17)12(10)16/h4-5,8-9H,2-3,6-7,18H2,1H3. The Bertz CT molecular complexity index is 519. The third-order valence-corrected chi connectivity index (χ3v) is 3.75. The van der Waals surface area contributed by atoms with E-state index in [1.54, 1.807) is 0 Å². The van der Waals surface area contributed by atoms with Crippen LogP contribution in [0.15, 0.2) is 12.1 Å². The number of rotatable bonds is 2. The van der Waals surface area contributed by atoms with E-state index in [1.165, 1.54) is 4.90 Å². The molecule has 20 heavy (non-hydrogen) atoms.